The largest absolute Gasteiger partial charge is 0.476 e. The van der Waals surface area contributed by atoms with Crippen LogP contribution in [0.15, 0.2) is 29.4 Å². The molecule has 78 valence electrons. The molecular weight excluding hydrogens is 205 g/mol. The third-order valence-electron chi connectivity index (χ3n) is 1.64. The van der Waals surface area contributed by atoms with Crippen LogP contribution in [0.5, 0.6) is 0 Å². The van der Waals surface area contributed by atoms with E-state index in [4.69, 9.17) is 10.3 Å². The molecule has 0 unspecified atom stereocenters. The number of nitrogens with zero attached hydrogens (tertiary/aromatic N) is 1. The van der Waals surface area contributed by atoms with Gasteiger partial charge in [0.2, 0.25) is 11.5 Å². The Kier molecular flexibility index (Phi) is 3.12. The van der Waals surface area contributed by atoms with Crippen molar-refractivity contribution in [1.29, 1.82) is 0 Å². The molecule has 1 aromatic carbocycles. The van der Waals surface area contributed by atoms with Gasteiger partial charge >= 0.3 is 5.97 Å². The van der Waals surface area contributed by atoms with Crippen molar-refractivity contribution in [2.24, 2.45) is 5.16 Å². The maximum absolute atomic E-state index is 13.0. The summed E-state index contributed by atoms with van der Waals surface area (Å²) < 4.78 is 13.0. The van der Waals surface area contributed by atoms with Gasteiger partial charge in [0.15, 0.2) is 0 Å². The first-order valence-corrected chi connectivity index (χ1v) is 3.82. The Hall–Kier alpha value is -2.24. The molecule has 0 aromatic heterocycles. The molecule has 0 radical (unpaired) electrons. The Balaban J connectivity index is 3.16. The lowest BCUT2D eigenvalue weighted by molar-refractivity contribution is -0.129. The van der Waals surface area contributed by atoms with Crippen molar-refractivity contribution in [3.63, 3.8) is 0 Å². The van der Waals surface area contributed by atoms with Gasteiger partial charge in [-0.05, 0) is 12.1 Å². The topological polar surface area (TPSA) is 87.0 Å². The van der Waals surface area contributed by atoms with E-state index in [1.54, 1.807) is 0 Å². The number of halogens is 1. The fourth-order valence-electron chi connectivity index (χ4n) is 0.958. The Labute approximate surface area is 83.5 Å². The zero-order valence-electron chi connectivity index (χ0n) is 7.35. The van der Waals surface area contributed by atoms with Crippen molar-refractivity contribution in [3.8, 4) is 0 Å². The number of carboxylic acid groups (broad SMARTS) is 1. The van der Waals surface area contributed by atoms with Gasteiger partial charge in [-0.1, -0.05) is 17.3 Å². The van der Waals surface area contributed by atoms with Gasteiger partial charge in [-0.25, -0.2) is 9.18 Å². The van der Waals surface area contributed by atoms with Crippen LogP contribution < -0.4 is 0 Å². The summed E-state index contributed by atoms with van der Waals surface area (Å²) in [4.78, 5) is 21.7. The van der Waals surface area contributed by atoms with Gasteiger partial charge in [0.05, 0.1) is 5.56 Å². The Morgan fingerprint density at radius 3 is 2.33 bits per heavy atom. The summed E-state index contributed by atoms with van der Waals surface area (Å²) in [5.41, 5.74) is -1.58. The number of hydrogen-bond donors (Lipinski definition) is 2. The number of oxime groups is 1. The summed E-state index contributed by atoms with van der Waals surface area (Å²) in [7, 11) is 0. The van der Waals surface area contributed by atoms with Crippen LogP contribution in [0.25, 0.3) is 0 Å². The highest BCUT2D eigenvalue weighted by molar-refractivity contribution is 6.67. The van der Waals surface area contributed by atoms with E-state index in [-0.39, 0.29) is 0 Å². The second-order valence-corrected chi connectivity index (χ2v) is 2.56. The number of carboxylic acids is 1. The minimum atomic E-state index is -1.72. The molecule has 6 heteroatoms. The fourth-order valence-corrected chi connectivity index (χ4v) is 0.958. The maximum Gasteiger partial charge on any atom is 0.362 e. The van der Waals surface area contributed by atoms with E-state index in [9.17, 15) is 14.0 Å². The third kappa shape index (κ3) is 2.16. The van der Waals surface area contributed by atoms with Gasteiger partial charge in [0, 0.05) is 0 Å². The van der Waals surface area contributed by atoms with E-state index in [0.717, 1.165) is 12.1 Å². The zero-order chi connectivity index (χ0) is 11.4. The minimum absolute atomic E-state index is 0.451. The van der Waals surface area contributed by atoms with E-state index in [1.165, 1.54) is 12.1 Å². The minimum Gasteiger partial charge on any atom is -0.476 e. The van der Waals surface area contributed by atoms with Crippen LogP contribution in [0.2, 0.25) is 0 Å². The summed E-state index contributed by atoms with van der Waals surface area (Å²) in [5.74, 6) is -3.77. The summed E-state index contributed by atoms with van der Waals surface area (Å²) in [6, 6.07) is 4.83. The summed E-state index contributed by atoms with van der Waals surface area (Å²) >= 11 is 0. The van der Waals surface area contributed by atoms with Crippen LogP contribution in [-0.2, 0) is 4.79 Å². The van der Waals surface area contributed by atoms with Gasteiger partial charge in [-0.15, -0.1) is 0 Å². The average Bonchev–Trinajstić information content (AvgIpc) is 2.18. The summed E-state index contributed by atoms with van der Waals surface area (Å²) in [6.07, 6.45) is 0. The first-order valence-electron chi connectivity index (χ1n) is 3.82. The highest BCUT2D eigenvalue weighted by atomic mass is 19.1. The van der Waals surface area contributed by atoms with Gasteiger partial charge in [0.1, 0.15) is 5.82 Å². The van der Waals surface area contributed by atoms with Crippen molar-refractivity contribution >= 4 is 17.5 Å². The average molecular weight is 211 g/mol. The van der Waals surface area contributed by atoms with E-state index in [2.05, 4.69) is 5.16 Å². The molecule has 0 aliphatic rings. The van der Waals surface area contributed by atoms with Crippen molar-refractivity contribution < 1.29 is 24.3 Å². The highest BCUT2D eigenvalue weighted by Crippen LogP contribution is 2.08. The molecule has 2 N–H and O–H groups in total. The Morgan fingerprint density at radius 1 is 1.27 bits per heavy atom. The second kappa shape index (κ2) is 4.32. The summed E-state index contributed by atoms with van der Waals surface area (Å²) in [5, 5.41) is 19.1. The van der Waals surface area contributed by atoms with Crippen LogP contribution in [0.1, 0.15) is 10.4 Å². The monoisotopic (exact) mass is 211 g/mol. The lowest BCUT2D eigenvalue weighted by atomic mass is 10.1. The van der Waals surface area contributed by atoms with Crippen LogP contribution in [0, 0.1) is 5.82 Å². The molecule has 5 nitrogen and oxygen atoms in total. The number of ketones is 1. The van der Waals surface area contributed by atoms with Crippen LogP contribution >= 0.6 is 0 Å². The normalized spacial score (nSPS) is 11.1. The molecular formula is C9H6FNO4. The van der Waals surface area contributed by atoms with Crippen molar-refractivity contribution in [1.82, 2.24) is 0 Å². The molecule has 0 amide bonds. The number of benzene rings is 1. The first-order chi connectivity index (χ1) is 7.07. The molecule has 0 atom stereocenters. The van der Waals surface area contributed by atoms with Crippen molar-refractivity contribution in [3.05, 3.63) is 35.6 Å². The van der Waals surface area contributed by atoms with Gasteiger partial charge < -0.3 is 10.3 Å². The van der Waals surface area contributed by atoms with E-state index >= 15 is 0 Å². The van der Waals surface area contributed by atoms with Crippen molar-refractivity contribution in [2.45, 2.75) is 0 Å². The van der Waals surface area contributed by atoms with E-state index < -0.39 is 28.8 Å². The third-order valence-corrected chi connectivity index (χ3v) is 1.64. The standard InChI is InChI=1S/C9H6FNO4/c10-6-4-2-1-3-5(6)8(12)7(11-15)9(13)14/h1-4,15H,(H,13,14)/b11-7-. The fraction of sp³-hybridized carbons (Fsp3) is 0. The SMILES string of the molecule is O=C(O)/C(=N\O)C(=O)c1ccccc1F. The Bertz CT molecular complexity index is 441. The second-order valence-electron chi connectivity index (χ2n) is 2.56. The molecule has 1 rings (SSSR count). The number of carbonyl (C=O) groups is 2. The number of carbonyl (C=O) groups excluding carboxylic acids is 1. The molecule has 0 heterocycles. The molecule has 0 fully saturated rings. The van der Waals surface area contributed by atoms with Gasteiger partial charge in [0.25, 0.3) is 0 Å². The predicted octanol–water partition coefficient (Wildman–Crippen LogP) is 0.923. The lowest BCUT2D eigenvalue weighted by Gasteiger charge is -1.99. The maximum atomic E-state index is 13.0. The van der Waals surface area contributed by atoms with Crippen LogP contribution in [-0.4, -0.2) is 27.8 Å². The van der Waals surface area contributed by atoms with Crippen LogP contribution in [0.4, 0.5) is 4.39 Å². The number of Topliss-reactive ketones (excluding diaryl/α,β-unsaturated/α-hetero) is 1. The van der Waals surface area contributed by atoms with Crippen molar-refractivity contribution in [2.75, 3.05) is 0 Å². The Morgan fingerprint density at radius 2 is 1.87 bits per heavy atom. The molecule has 0 saturated carbocycles. The molecule has 0 bridgehead atoms. The van der Waals surface area contributed by atoms with Gasteiger partial charge in [-0.2, -0.15) is 0 Å². The zero-order valence-corrected chi connectivity index (χ0v) is 7.35. The quantitative estimate of drug-likeness (QED) is 0.256. The molecule has 0 saturated heterocycles. The number of rotatable bonds is 3. The summed E-state index contributed by atoms with van der Waals surface area (Å²) in [6.45, 7) is 0. The predicted molar refractivity (Wildman–Crippen MR) is 47.6 cm³/mol. The van der Waals surface area contributed by atoms with Gasteiger partial charge in [-0.3, -0.25) is 4.79 Å². The molecule has 0 spiro atoms. The smallest absolute Gasteiger partial charge is 0.362 e. The molecule has 0 aliphatic carbocycles. The van der Waals surface area contributed by atoms with E-state index in [1.807, 2.05) is 0 Å². The lowest BCUT2D eigenvalue weighted by Crippen LogP contribution is -2.24. The number of hydrogen-bond acceptors (Lipinski definition) is 4. The molecule has 1 aromatic rings. The highest BCUT2D eigenvalue weighted by Gasteiger charge is 2.24. The molecule has 15 heavy (non-hydrogen) atoms. The number of aliphatic carboxylic acids is 1. The first kappa shape index (κ1) is 10.8. The van der Waals surface area contributed by atoms with Crippen LogP contribution in [0.3, 0.4) is 0 Å². The molecule has 0 aliphatic heterocycles. The van der Waals surface area contributed by atoms with E-state index in [0.29, 0.717) is 0 Å².